The van der Waals surface area contributed by atoms with E-state index in [-0.39, 0.29) is 18.2 Å². The highest BCUT2D eigenvalue weighted by molar-refractivity contribution is 5.89. The fourth-order valence-corrected chi connectivity index (χ4v) is 3.03. The van der Waals surface area contributed by atoms with Crippen LogP contribution in [0.2, 0.25) is 0 Å². The Labute approximate surface area is 148 Å². The van der Waals surface area contributed by atoms with Crippen molar-refractivity contribution in [3.63, 3.8) is 0 Å². The molecular weight excluding hydrogens is 316 g/mol. The van der Waals surface area contributed by atoms with Gasteiger partial charge in [-0.3, -0.25) is 4.90 Å². The van der Waals surface area contributed by atoms with Gasteiger partial charge in [-0.05, 0) is 30.9 Å². The van der Waals surface area contributed by atoms with Gasteiger partial charge in [-0.2, -0.15) is 4.98 Å². The monoisotopic (exact) mass is 340 g/mol. The molecule has 1 N–H and O–H groups in total. The van der Waals surface area contributed by atoms with E-state index in [1.54, 1.807) is 17.2 Å². The molecule has 0 bridgehead atoms. The van der Waals surface area contributed by atoms with Crippen molar-refractivity contribution in [3.8, 4) is 0 Å². The Kier molecular flexibility index (Phi) is 5.16. The van der Waals surface area contributed by atoms with E-state index in [2.05, 4.69) is 48.2 Å². The van der Waals surface area contributed by atoms with Gasteiger partial charge < -0.3 is 10.1 Å². The summed E-state index contributed by atoms with van der Waals surface area (Å²) in [6.45, 7) is 6.73. The summed E-state index contributed by atoms with van der Waals surface area (Å²) < 4.78 is 5.23. The summed E-state index contributed by atoms with van der Waals surface area (Å²) in [5.74, 6) is 1.54. The zero-order valence-electron chi connectivity index (χ0n) is 14.8. The van der Waals surface area contributed by atoms with Crippen LogP contribution in [0.3, 0.4) is 0 Å². The van der Waals surface area contributed by atoms with Crippen LogP contribution in [0.5, 0.6) is 0 Å². The normalized spacial score (nSPS) is 18.3. The Balaban J connectivity index is 1.77. The second-order valence-corrected chi connectivity index (χ2v) is 6.75. The van der Waals surface area contributed by atoms with Gasteiger partial charge in [0.15, 0.2) is 0 Å². The number of benzene rings is 1. The molecule has 6 nitrogen and oxygen atoms in total. The molecule has 2 atom stereocenters. The molecule has 0 radical (unpaired) electrons. The Morgan fingerprint density at radius 3 is 2.72 bits per heavy atom. The highest BCUT2D eigenvalue weighted by Gasteiger charge is 2.35. The average Bonchev–Trinajstić information content (AvgIpc) is 2.95. The summed E-state index contributed by atoms with van der Waals surface area (Å²) >= 11 is 0. The van der Waals surface area contributed by atoms with Crippen LogP contribution in [-0.2, 0) is 4.74 Å². The van der Waals surface area contributed by atoms with Crippen LogP contribution >= 0.6 is 0 Å². The fourth-order valence-electron chi connectivity index (χ4n) is 3.03. The van der Waals surface area contributed by atoms with Crippen molar-refractivity contribution in [1.82, 2.24) is 9.97 Å². The number of hydrogen-bond acceptors (Lipinski definition) is 5. The van der Waals surface area contributed by atoms with Gasteiger partial charge in [0.2, 0.25) is 5.95 Å². The first-order chi connectivity index (χ1) is 12.0. The number of carbonyl (C=O) groups is 1. The molecule has 1 aromatic heterocycles. The molecule has 1 aromatic carbocycles. The Morgan fingerprint density at radius 2 is 2.00 bits per heavy atom. The molecule has 0 spiro atoms. The fraction of sp³-hybridized carbons (Fsp3) is 0.421. The minimum absolute atomic E-state index is 0.0156. The summed E-state index contributed by atoms with van der Waals surface area (Å²) in [7, 11) is 0. The second kappa shape index (κ2) is 7.51. The average molecular weight is 340 g/mol. The molecule has 2 heterocycles. The smallest absolute Gasteiger partial charge is 0.415 e. The predicted octanol–water partition coefficient (Wildman–Crippen LogP) is 4.02. The van der Waals surface area contributed by atoms with E-state index in [0.717, 1.165) is 12.0 Å². The number of nitrogens with zero attached hydrogens (tertiary/aromatic N) is 3. The quantitative estimate of drug-likeness (QED) is 0.860. The van der Waals surface area contributed by atoms with Gasteiger partial charge in [0.1, 0.15) is 12.4 Å². The SMILES string of the molecule is CC(C)C[C@@H]1COC(=O)N1c1ccnc(N[C@H](C)c2ccccc2)n1. The van der Waals surface area contributed by atoms with Gasteiger partial charge >= 0.3 is 6.09 Å². The zero-order valence-corrected chi connectivity index (χ0v) is 14.8. The molecular formula is C19H24N4O2. The van der Waals surface area contributed by atoms with Crippen LogP contribution in [0.1, 0.15) is 38.8 Å². The maximum Gasteiger partial charge on any atom is 0.415 e. The summed E-state index contributed by atoms with van der Waals surface area (Å²) in [5, 5.41) is 3.29. The molecule has 1 fully saturated rings. The lowest BCUT2D eigenvalue weighted by atomic mass is 10.0. The predicted molar refractivity (Wildman–Crippen MR) is 97.6 cm³/mol. The minimum Gasteiger partial charge on any atom is -0.447 e. The Hall–Kier alpha value is -2.63. The summed E-state index contributed by atoms with van der Waals surface area (Å²) in [6, 6.07) is 11.9. The van der Waals surface area contributed by atoms with Crippen molar-refractivity contribution >= 4 is 17.9 Å². The van der Waals surface area contributed by atoms with Crippen molar-refractivity contribution in [2.24, 2.45) is 5.92 Å². The van der Waals surface area contributed by atoms with E-state index in [1.807, 2.05) is 18.2 Å². The zero-order chi connectivity index (χ0) is 17.8. The van der Waals surface area contributed by atoms with Crippen LogP contribution in [0, 0.1) is 5.92 Å². The number of aromatic nitrogens is 2. The summed E-state index contributed by atoms with van der Waals surface area (Å²) in [5.41, 5.74) is 1.15. The lowest BCUT2D eigenvalue weighted by Gasteiger charge is -2.22. The van der Waals surface area contributed by atoms with E-state index < -0.39 is 0 Å². The maximum atomic E-state index is 12.1. The summed E-state index contributed by atoms with van der Waals surface area (Å²) in [4.78, 5) is 22.6. The van der Waals surface area contributed by atoms with Gasteiger partial charge in [-0.15, -0.1) is 0 Å². The van der Waals surface area contributed by atoms with Gasteiger partial charge in [0.05, 0.1) is 12.1 Å². The first-order valence-electron chi connectivity index (χ1n) is 8.65. The lowest BCUT2D eigenvalue weighted by Crippen LogP contribution is -2.35. The third-order valence-electron chi connectivity index (χ3n) is 4.24. The number of rotatable bonds is 6. The van der Waals surface area contributed by atoms with Crippen LogP contribution in [-0.4, -0.2) is 28.7 Å². The van der Waals surface area contributed by atoms with Crippen LogP contribution < -0.4 is 10.2 Å². The van der Waals surface area contributed by atoms with Crippen LogP contribution in [0.15, 0.2) is 42.6 Å². The summed E-state index contributed by atoms with van der Waals surface area (Å²) in [6.07, 6.45) is 2.20. The number of hydrogen-bond donors (Lipinski definition) is 1. The molecule has 0 aliphatic carbocycles. The van der Waals surface area contributed by atoms with E-state index in [9.17, 15) is 4.79 Å². The highest BCUT2D eigenvalue weighted by Crippen LogP contribution is 2.26. The molecule has 1 amide bonds. The van der Waals surface area contributed by atoms with Crippen molar-refractivity contribution in [1.29, 1.82) is 0 Å². The van der Waals surface area contributed by atoms with Crippen LogP contribution in [0.25, 0.3) is 0 Å². The molecule has 1 saturated heterocycles. The number of ether oxygens (including phenoxy) is 1. The van der Waals surface area contributed by atoms with E-state index in [1.165, 1.54) is 0 Å². The van der Waals surface area contributed by atoms with E-state index in [0.29, 0.717) is 24.3 Å². The van der Waals surface area contributed by atoms with E-state index >= 15 is 0 Å². The minimum atomic E-state index is -0.341. The molecule has 0 unspecified atom stereocenters. The Bertz CT molecular complexity index is 720. The van der Waals surface area contributed by atoms with Crippen LogP contribution in [0.4, 0.5) is 16.6 Å². The maximum absolute atomic E-state index is 12.1. The highest BCUT2D eigenvalue weighted by atomic mass is 16.6. The van der Waals surface area contributed by atoms with Gasteiger partial charge in [-0.25, -0.2) is 9.78 Å². The van der Waals surface area contributed by atoms with E-state index in [4.69, 9.17) is 4.74 Å². The molecule has 6 heteroatoms. The third-order valence-corrected chi connectivity index (χ3v) is 4.24. The topological polar surface area (TPSA) is 67.3 Å². The number of amides is 1. The van der Waals surface area contributed by atoms with Crippen molar-refractivity contribution < 1.29 is 9.53 Å². The molecule has 132 valence electrons. The number of anilines is 2. The first kappa shape index (κ1) is 17.2. The largest absolute Gasteiger partial charge is 0.447 e. The third kappa shape index (κ3) is 4.07. The number of cyclic esters (lactones) is 1. The van der Waals surface area contributed by atoms with Gasteiger partial charge in [-0.1, -0.05) is 44.2 Å². The standard InChI is InChI=1S/C19H24N4O2/c1-13(2)11-16-12-25-19(24)23(16)17-9-10-20-18(22-17)21-14(3)15-7-5-4-6-8-15/h4-10,13-14,16H,11-12H2,1-3H3,(H,20,21,22)/t14-,16-/m1/s1. The number of carbonyl (C=O) groups excluding carboxylic acids is 1. The van der Waals surface area contributed by atoms with Crippen molar-refractivity contribution in [2.75, 3.05) is 16.8 Å². The molecule has 1 aliphatic heterocycles. The molecule has 0 saturated carbocycles. The van der Waals surface area contributed by atoms with Crippen molar-refractivity contribution in [2.45, 2.75) is 39.3 Å². The first-order valence-corrected chi connectivity index (χ1v) is 8.65. The molecule has 2 aromatic rings. The van der Waals surface area contributed by atoms with Gasteiger partial charge in [0, 0.05) is 6.20 Å². The number of nitrogens with one attached hydrogen (secondary N) is 1. The van der Waals surface area contributed by atoms with Crippen molar-refractivity contribution in [3.05, 3.63) is 48.2 Å². The molecule has 3 rings (SSSR count). The second-order valence-electron chi connectivity index (χ2n) is 6.75. The lowest BCUT2D eigenvalue weighted by molar-refractivity contribution is 0.178. The molecule has 1 aliphatic rings. The molecule has 25 heavy (non-hydrogen) atoms. The van der Waals surface area contributed by atoms with Gasteiger partial charge in [0.25, 0.3) is 0 Å². The Morgan fingerprint density at radius 1 is 1.24 bits per heavy atom.